The summed E-state index contributed by atoms with van der Waals surface area (Å²) in [5.74, 6) is 1.32. The average molecular weight is 542 g/mol. The zero-order valence-electron chi connectivity index (χ0n) is 22.4. The first-order chi connectivity index (χ1) is 19.0. The lowest BCUT2D eigenvalue weighted by atomic mass is 9.86. The second kappa shape index (κ2) is 11.8. The number of halogens is 1. The second-order valence-electron chi connectivity index (χ2n) is 9.69. The minimum absolute atomic E-state index is 0.0117. The van der Waals surface area contributed by atoms with Crippen molar-refractivity contribution < 1.29 is 14.3 Å². The lowest BCUT2D eigenvalue weighted by Crippen LogP contribution is -2.41. The number of hydrogen-bond acceptors (Lipinski definition) is 5. The fourth-order valence-corrected chi connectivity index (χ4v) is 4.95. The van der Waals surface area contributed by atoms with Crippen molar-refractivity contribution in [1.82, 2.24) is 4.98 Å². The Morgan fingerprint density at radius 1 is 1.03 bits per heavy atom. The summed E-state index contributed by atoms with van der Waals surface area (Å²) in [4.78, 5) is 19.7. The van der Waals surface area contributed by atoms with Crippen LogP contribution in [0.4, 0.5) is 11.4 Å². The number of carbonyl (C=O) groups is 1. The Labute approximate surface area is 234 Å². The summed E-state index contributed by atoms with van der Waals surface area (Å²) in [6, 6.07) is 23.3. The molecular weight excluding hydrogens is 510 g/mol. The van der Waals surface area contributed by atoms with Gasteiger partial charge in [-0.2, -0.15) is 0 Å². The Bertz CT molecular complexity index is 1430. The van der Waals surface area contributed by atoms with Gasteiger partial charge in [0.1, 0.15) is 0 Å². The van der Waals surface area contributed by atoms with Gasteiger partial charge in [0.05, 0.1) is 25.7 Å². The largest absolute Gasteiger partial charge is 0.493 e. The van der Waals surface area contributed by atoms with Gasteiger partial charge in [-0.25, -0.2) is 0 Å². The van der Waals surface area contributed by atoms with Crippen LogP contribution in [0.25, 0.3) is 0 Å². The van der Waals surface area contributed by atoms with Gasteiger partial charge in [-0.3, -0.25) is 9.78 Å². The molecule has 1 N–H and O–H groups in total. The van der Waals surface area contributed by atoms with Gasteiger partial charge in [0.15, 0.2) is 11.5 Å². The SMILES string of the molecule is CCC(C)Oc1cc2c(cc1OC)CC(=O)N(c1ccc(NCc3ccncc3)cc1)C2c1ccc(Cl)cc1. The number of fused-ring (bicyclic) bond motifs is 1. The third kappa shape index (κ3) is 5.86. The molecule has 1 aromatic heterocycles. The number of nitrogens with one attached hydrogen (secondary N) is 1. The van der Waals surface area contributed by atoms with E-state index in [0.717, 1.165) is 40.0 Å². The maximum Gasteiger partial charge on any atom is 0.232 e. The van der Waals surface area contributed by atoms with Gasteiger partial charge < -0.3 is 19.7 Å². The molecular formula is C32H32ClN3O3. The highest BCUT2D eigenvalue weighted by molar-refractivity contribution is 6.30. The lowest BCUT2D eigenvalue weighted by Gasteiger charge is -2.38. The van der Waals surface area contributed by atoms with Crippen molar-refractivity contribution in [3.63, 3.8) is 0 Å². The number of pyridine rings is 1. The van der Waals surface area contributed by atoms with E-state index >= 15 is 0 Å². The smallest absolute Gasteiger partial charge is 0.232 e. The summed E-state index contributed by atoms with van der Waals surface area (Å²) in [5.41, 5.74) is 5.84. The Morgan fingerprint density at radius 3 is 2.41 bits per heavy atom. The molecule has 200 valence electrons. The number of carbonyl (C=O) groups excluding carboxylic acids is 1. The number of aromatic nitrogens is 1. The fourth-order valence-electron chi connectivity index (χ4n) is 4.82. The standard InChI is InChI=1S/C32H32ClN3O3/c1-4-21(2)39-30-19-28-24(17-29(30)38-3)18-31(37)36(32(28)23-5-7-25(33)8-6-23)27-11-9-26(10-12-27)35-20-22-13-15-34-16-14-22/h5-17,19,21,32,35H,4,18,20H2,1-3H3. The Morgan fingerprint density at radius 2 is 1.74 bits per heavy atom. The van der Waals surface area contributed by atoms with Crippen LogP contribution in [-0.4, -0.2) is 24.1 Å². The van der Waals surface area contributed by atoms with Crippen molar-refractivity contribution in [2.24, 2.45) is 0 Å². The van der Waals surface area contributed by atoms with E-state index in [4.69, 9.17) is 21.1 Å². The number of anilines is 2. The van der Waals surface area contributed by atoms with Crippen molar-refractivity contribution >= 4 is 28.9 Å². The van der Waals surface area contributed by atoms with Crippen LogP contribution in [0.1, 0.15) is 48.6 Å². The summed E-state index contributed by atoms with van der Waals surface area (Å²) in [6.45, 7) is 4.81. The average Bonchev–Trinajstić information content (AvgIpc) is 2.96. The van der Waals surface area contributed by atoms with Gasteiger partial charge in [0.25, 0.3) is 0 Å². The number of rotatable bonds is 9. The Hall–Kier alpha value is -4.03. The van der Waals surface area contributed by atoms with Gasteiger partial charge in [-0.15, -0.1) is 0 Å². The number of ether oxygens (including phenoxy) is 2. The van der Waals surface area contributed by atoms with Crippen LogP contribution in [0.15, 0.2) is 85.2 Å². The first kappa shape index (κ1) is 26.6. The van der Waals surface area contributed by atoms with E-state index in [2.05, 4.69) is 17.2 Å². The molecule has 0 saturated carbocycles. The molecule has 2 unspecified atom stereocenters. The van der Waals surface area contributed by atoms with Crippen LogP contribution in [0.3, 0.4) is 0 Å². The number of hydrogen-bond donors (Lipinski definition) is 1. The molecule has 2 heterocycles. The van der Waals surface area contributed by atoms with Gasteiger partial charge in [0.2, 0.25) is 5.91 Å². The van der Waals surface area contributed by atoms with Gasteiger partial charge in [-0.1, -0.05) is 30.7 Å². The summed E-state index contributed by atoms with van der Waals surface area (Å²) in [5, 5.41) is 4.08. The number of nitrogens with zero attached hydrogens (tertiary/aromatic N) is 2. The number of benzene rings is 3. The predicted molar refractivity (Wildman–Crippen MR) is 156 cm³/mol. The summed E-state index contributed by atoms with van der Waals surface area (Å²) < 4.78 is 11.9. The molecule has 0 fully saturated rings. The quantitative estimate of drug-likeness (QED) is 0.242. The molecule has 0 aliphatic carbocycles. The molecule has 0 bridgehead atoms. The molecule has 1 amide bonds. The van der Waals surface area contributed by atoms with Crippen molar-refractivity contribution in [1.29, 1.82) is 0 Å². The van der Waals surface area contributed by atoms with E-state index in [9.17, 15) is 4.79 Å². The molecule has 0 spiro atoms. The molecule has 5 rings (SSSR count). The zero-order valence-corrected chi connectivity index (χ0v) is 23.1. The van der Waals surface area contributed by atoms with Crippen LogP contribution in [0.2, 0.25) is 5.02 Å². The molecule has 3 aromatic carbocycles. The van der Waals surface area contributed by atoms with Crippen molar-refractivity contribution in [2.45, 2.75) is 45.4 Å². The number of methoxy groups -OCH3 is 1. The molecule has 0 saturated heterocycles. The number of amides is 1. The molecule has 39 heavy (non-hydrogen) atoms. The molecule has 6 nitrogen and oxygen atoms in total. The third-order valence-electron chi connectivity index (χ3n) is 7.07. The molecule has 2 atom stereocenters. The maximum absolute atomic E-state index is 13.7. The predicted octanol–water partition coefficient (Wildman–Crippen LogP) is 7.21. The second-order valence-corrected chi connectivity index (χ2v) is 10.1. The van der Waals surface area contributed by atoms with E-state index in [1.807, 2.05) is 84.6 Å². The van der Waals surface area contributed by atoms with Crippen molar-refractivity contribution in [2.75, 3.05) is 17.3 Å². The first-order valence-corrected chi connectivity index (χ1v) is 13.5. The molecule has 1 aliphatic rings. The Balaban J connectivity index is 1.53. The van der Waals surface area contributed by atoms with E-state index < -0.39 is 0 Å². The van der Waals surface area contributed by atoms with Gasteiger partial charge in [0, 0.05) is 35.3 Å². The normalized spacial score (nSPS) is 15.4. The van der Waals surface area contributed by atoms with E-state index in [1.54, 1.807) is 19.5 Å². The summed E-state index contributed by atoms with van der Waals surface area (Å²) >= 11 is 6.23. The van der Waals surface area contributed by atoms with Crippen LogP contribution in [0, 0.1) is 0 Å². The minimum Gasteiger partial charge on any atom is -0.493 e. The van der Waals surface area contributed by atoms with E-state index in [-0.39, 0.29) is 24.5 Å². The zero-order chi connectivity index (χ0) is 27.4. The highest BCUT2D eigenvalue weighted by Gasteiger charge is 2.36. The highest BCUT2D eigenvalue weighted by Crippen LogP contribution is 2.44. The van der Waals surface area contributed by atoms with E-state index in [1.165, 1.54) is 0 Å². The van der Waals surface area contributed by atoms with Crippen LogP contribution >= 0.6 is 11.6 Å². The topological polar surface area (TPSA) is 63.7 Å². The van der Waals surface area contributed by atoms with Gasteiger partial charge >= 0.3 is 0 Å². The van der Waals surface area contributed by atoms with Crippen LogP contribution < -0.4 is 19.7 Å². The van der Waals surface area contributed by atoms with Gasteiger partial charge in [-0.05, 0) is 96.3 Å². The van der Waals surface area contributed by atoms with Crippen LogP contribution in [-0.2, 0) is 17.8 Å². The third-order valence-corrected chi connectivity index (χ3v) is 7.32. The molecule has 7 heteroatoms. The maximum atomic E-state index is 13.7. The van der Waals surface area contributed by atoms with E-state index in [0.29, 0.717) is 23.1 Å². The molecule has 0 radical (unpaired) electrons. The summed E-state index contributed by atoms with van der Waals surface area (Å²) in [7, 11) is 1.63. The fraction of sp³-hybridized carbons (Fsp3) is 0.250. The van der Waals surface area contributed by atoms with Crippen molar-refractivity contribution in [3.8, 4) is 11.5 Å². The monoisotopic (exact) mass is 541 g/mol. The Kier molecular flexibility index (Phi) is 8.03. The molecule has 4 aromatic rings. The van der Waals surface area contributed by atoms with Crippen LogP contribution in [0.5, 0.6) is 11.5 Å². The van der Waals surface area contributed by atoms with Crippen molar-refractivity contribution in [3.05, 3.63) is 112 Å². The first-order valence-electron chi connectivity index (χ1n) is 13.1. The highest BCUT2D eigenvalue weighted by atomic mass is 35.5. The lowest BCUT2D eigenvalue weighted by molar-refractivity contribution is -0.118. The summed E-state index contributed by atoms with van der Waals surface area (Å²) in [6.07, 6.45) is 4.73. The minimum atomic E-state index is -0.348. The molecule has 1 aliphatic heterocycles.